The maximum Gasteiger partial charge on any atom is 0.415 e. The second kappa shape index (κ2) is 11.7. The number of rotatable bonds is 2. The molecule has 4 aromatic carbocycles. The number of alkyl halides is 3. The van der Waals surface area contributed by atoms with Gasteiger partial charge in [0.15, 0.2) is 5.69 Å². The van der Waals surface area contributed by atoms with Gasteiger partial charge in [0.1, 0.15) is 0 Å². The molecule has 0 aliphatic heterocycles. The predicted octanol–water partition coefficient (Wildman–Crippen LogP) is 9.93. The van der Waals surface area contributed by atoms with Gasteiger partial charge >= 0.3 is 6.18 Å². The highest BCUT2D eigenvalue weighted by molar-refractivity contribution is 6.07. The van der Waals surface area contributed by atoms with Gasteiger partial charge in [0.05, 0.1) is 71.8 Å². The third-order valence-electron chi connectivity index (χ3n) is 8.78. The van der Waals surface area contributed by atoms with E-state index in [-0.39, 0.29) is 62.0 Å². The zero-order valence-electron chi connectivity index (χ0n) is 26.1. The Morgan fingerprint density at radius 3 is 1.59 bits per heavy atom. The Balaban J connectivity index is 1.47. The molecule has 0 bridgehead atoms. The summed E-state index contributed by atoms with van der Waals surface area (Å²) in [5.41, 5.74) is 4.12. The van der Waals surface area contributed by atoms with E-state index in [0.29, 0.717) is 27.9 Å². The average Bonchev–Trinajstić information content (AvgIpc) is 3.62. The number of halogens is 3. The molecule has 11 heteroatoms. The van der Waals surface area contributed by atoms with Crippen LogP contribution in [0.1, 0.15) is 39.2 Å². The lowest BCUT2D eigenvalue weighted by atomic mass is 9.94. The van der Waals surface area contributed by atoms with Gasteiger partial charge in [-0.2, -0.15) is 18.4 Å². The number of nitriles is 3. The maximum absolute atomic E-state index is 14.2. The molecule has 0 spiro atoms. The fraction of sp³-hybridized carbons (Fsp3) is 0.0500. The molecule has 0 unspecified atom stereocenters. The highest BCUT2D eigenvalue weighted by atomic mass is 19.4. The first-order valence-electron chi connectivity index (χ1n) is 14.9. The summed E-state index contributed by atoms with van der Waals surface area (Å²) in [6.45, 7) is 24.6. The Morgan fingerprint density at radius 1 is 0.627 bits per heavy atom. The van der Waals surface area contributed by atoms with E-state index >= 15 is 0 Å². The van der Waals surface area contributed by atoms with Gasteiger partial charge in [-0.15, -0.1) is 0 Å². The number of aryl methyl sites for hydroxylation is 1. The van der Waals surface area contributed by atoms with Crippen LogP contribution in [-0.2, 0) is 6.18 Å². The summed E-state index contributed by atoms with van der Waals surface area (Å²) in [5, 5.41) is 29.4. The number of allylic oxidation sites excluding steroid dienone is 2. The predicted molar refractivity (Wildman–Crippen MR) is 181 cm³/mol. The molecular weight excluding hydrogens is 649 g/mol. The van der Waals surface area contributed by atoms with E-state index in [9.17, 15) is 29.0 Å². The Bertz CT molecular complexity index is 2730. The largest absolute Gasteiger partial charge is 0.415 e. The van der Waals surface area contributed by atoms with Crippen molar-refractivity contribution in [3.05, 3.63) is 158 Å². The number of fused-ring (bicyclic) bond motifs is 6. The minimum atomic E-state index is -4.77. The molecule has 7 rings (SSSR count). The third kappa shape index (κ3) is 4.87. The molecule has 0 atom stereocenters. The van der Waals surface area contributed by atoms with Crippen LogP contribution in [0.2, 0.25) is 0 Å². The highest BCUT2D eigenvalue weighted by Gasteiger charge is 2.38. The van der Waals surface area contributed by atoms with Crippen LogP contribution in [0.25, 0.3) is 70.4 Å². The molecule has 0 saturated heterocycles. The van der Waals surface area contributed by atoms with Crippen molar-refractivity contribution < 1.29 is 13.2 Å². The molecule has 2 aliphatic rings. The van der Waals surface area contributed by atoms with Crippen LogP contribution in [0, 0.1) is 60.6 Å². The Hall–Kier alpha value is -7.83. The average molecular weight is 665 g/mol. The monoisotopic (exact) mass is 664 g/mol. The van der Waals surface area contributed by atoms with Crippen molar-refractivity contribution in [1.82, 2.24) is 9.97 Å². The van der Waals surface area contributed by atoms with Crippen LogP contribution < -0.4 is 0 Å². The van der Waals surface area contributed by atoms with Crippen molar-refractivity contribution in [2.24, 2.45) is 0 Å². The quantitative estimate of drug-likeness (QED) is 0.135. The van der Waals surface area contributed by atoms with Crippen LogP contribution in [0.4, 0.5) is 18.9 Å². The van der Waals surface area contributed by atoms with E-state index < -0.39 is 11.7 Å². The molecule has 0 saturated carbocycles. The first-order valence-corrected chi connectivity index (χ1v) is 14.9. The van der Waals surface area contributed by atoms with E-state index in [4.69, 9.17) is 29.7 Å². The van der Waals surface area contributed by atoms with Gasteiger partial charge in [0.25, 0.3) is 11.4 Å². The molecule has 8 nitrogen and oxygen atoms in total. The van der Waals surface area contributed by atoms with Crippen molar-refractivity contribution in [3.8, 4) is 63.0 Å². The normalized spacial score (nSPS) is 13.8. The van der Waals surface area contributed by atoms with Gasteiger partial charge in [-0.1, -0.05) is 42.5 Å². The first kappa shape index (κ1) is 31.8. The minimum absolute atomic E-state index is 0.0930. The van der Waals surface area contributed by atoms with Gasteiger partial charge in [-0.3, -0.25) is 0 Å². The summed E-state index contributed by atoms with van der Waals surface area (Å²) in [6, 6.07) is 24.4. The summed E-state index contributed by atoms with van der Waals surface area (Å²) in [7, 11) is 0. The number of aromatic nitrogens is 2. The zero-order valence-corrected chi connectivity index (χ0v) is 26.1. The summed E-state index contributed by atoms with van der Waals surface area (Å²) in [6.07, 6.45) is -4.77. The lowest BCUT2D eigenvalue weighted by molar-refractivity contribution is -0.137. The molecule has 51 heavy (non-hydrogen) atoms. The second-order valence-corrected chi connectivity index (χ2v) is 11.5. The zero-order chi connectivity index (χ0) is 36.2. The van der Waals surface area contributed by atoms with Crippen LogP contribution in [-0.4, -0.2) is 9.97 Å². The number of hydrogen-bond acceptors (Lipinski definition) is 5. The van der Waals surface area contributed by atoms with E-state index in [1.54, 1.807) is 18.2 Å². The molecule has 0 amide bonds. The van der Waals surface area contributed by atoms with Crippen molar-refractivity contribution in [3.63, 3.8) is 0 Å². The molecule has 0 radical (unpaired) electrons. The summed E-state index contributed by atoms with van der Waals surface area (Å²) >= 11 is 0. The van der Waals surface area contributed by atoms with Crippen LogP contribution >= 0.6 is 0 Å². The van der Waals surface area contributed by atoms with Gasteiger partial charge in [-0.25, -0.2) is 35.0 Å². The third-order valence-corrected chi connectivity index (χ3v) is 8.78. The van der Waals surface area contributed by atoms with E-state index in [1.165, 1.54) is 30.3 Å². The Kier molecular flexibility index (Phi) is 7.28. The lowest BCUT2D eigenvalue weighted by Gasteiger charge is -2.15. The fourth-order valence-corrected chi connectivity index (χ4v) is 6.56. The molecule has 5 aromatic rings. The lowest BCUT2D eigenvalue weighted by Crippen LogP contribution is -2.07. The molecule has 236 valence electrons. The van der Waals surface area contributed by atoms with Crippen molar-refractivity contribution in [1.29, 1.82) is 15.8 Å². The Morgan fingerprint density at radius 2 is 1.14 bits per heavy atom. The van der Waals surface area contributed by atoms with E-state index in [2.05, 4.69) is 20.6 Å². The number of hydrogen-bond donors (Lipinski definition) is 0. The first-order chi connectivity index (χ1) is 24.6. The van der Waals surface area contributed by atoms with Gasteiger partial charge in [0.2, 0.25) is 0 Å². The second-order valence-electron chi connectivity index (χ2n) is 11.5. The minimum Gasteiger partial charge on any atom is -0.245 e. The van der Waals surface area contributed by atoms with Gasteiger partial charge in [-0.05, 0) is 76.2 Å². The van der Waals surface area contributed by atoms with Crippen molar-refractivity contribution >= 4 is 16.8 Å². The van der Waals surface area contributed by atoms with Crippen LogP contribution in [0.3, 0.4) is 0 Å². The maximum atomic E-state index is 14.2. The molecule has 0 N–H and O–H groups in total. The van der Waals surface area contributed by atoms with E-state index in [1.807, 2.05) is 37.3 Å². The van der Waals surface area contributed by atoms with Crippen molar-refractivity contribution in [2.75, 3.05) is 0 Å². The topological polar surface area (TPSA) is 110 Å². The molecule has 1 heterocycles. The highest BCUT2D eigenvalue weighted by Crippen LogP contribution is 2.52. The van der Waals surface area contributed by atoms with Crippen LogP contribution in [0.15, 0.2) is 84.2 Å². The molecule has 1 aromatic heterocycles. The number of nitrogens with zero attached hydrogens (tertiary/aromatic N) is 8. The SMILES string of the molecule is [C-]#[N+]/C(C#N)=C1/c2cc(-c3ccc(C#N)cc3C)ccc2-c2nc3c(nc21)-c1ccc(-c2ccc([N+]#[C-])cc2C(F)(F)F)cc1/C3=C(/C#N)[N+]#[C-]. The molecule has 0 fully saturated rings. The smallest absolute Gasteiger partial charge is 0.245 e. The summed E-state index contributed by atoms with van der Waals surface area (Å²) in [4.78, 5) is 19.8. The van der Waals surface area contributed by atoms with Gasteiger partial charge < -0.3 is 0 Å². The van der Waals surface area contributed by atoms with E-state index in [0.717, 1.165) is 22.8 Å². The van der Waals surface area contributed by atoms with Gasteiger partial charge in [0, 0.05) is 22.3 Å². The summed E-state index contributed by atoms with van der Waals surface area (Å²) < 4.78 is 42.5. The van der Waals surface area contributed by atoms with Crippen LogP contribution in [0.5, 0.6) is 0 Å². The Labute approximate surface area is 289 Å². The fourth-order valence-electron chi connectivity index (χ4n) is 6.56. The molecular formula is C40H15F3N8. The number of benzene rings is 4. The van der Waals surface area contributed by atoms with Crippen molar-refractivity contribution in [2.45, 2.75) is 13.1 Å². The molecule has 2 aliphatic carbocycles. The standard InChI is InChI=1S/C40H15F3N8/c1-20-13-21(17-44)5-9-25(20)22-6-10-27-29(14-22)34(32(18-45)48-3)38-36(27)50-39-35(33(19-46)49-4)30-15-23(7-11-28(30)37(39)51-38)26-12-8-24(47-2)16-31(26)40(41,42)43/h5-16H,1H3/b34-32-,35-33+. The summed E-state index contributed by atoms with van der Waals surface area (Å²) in [5.74, 6) is 0.